The van der Waals surface area contributed by atoms with Crippen LogP contribution in [0.5, 0.6) is 0 Å². The van der Waals surface area contributed by atoms with Crippen LogP contribution < -0.4 is 14.9 Å². The van der Waals surface area contributed by atoms with Crippen LogP contribution in [0.3, 0.4) is 0 Å². The molecule has 0 N–H and O–H groups in total. The van der Waals surface area contributed by atoms with E-state index in [9.17, 15) is 44.3 Å². The van der Waals surface area contributed by atoms with Gasteiger partial charge in [-0.15, -0.1) is 0 Å². The van der Waals surface area contributed by atoms with Crippen LogP contribution in [0.2, 0.25) is 0 Å². The standard InChI is InChI=1S/C26H21F9N6O2/c27-24(28,29)15-4-6-16(7-5-15)41(43-22(42)26(33,34)35)20-17-8-13-39(21-18(25(30,31)32)3-1-10-36-21)14-9-19(17)37-23(38-20)40-11-2-12-40/h1,3-7,10H,2,8-9,11-14H2. The number of halogens is 9. The molecule has 0 radical (unpaired) electrons. The molecule has 230 valence electrons. The zero-order valence-electron chi connectivity index (χ0n) is 21.9. The molecule has 17 heteroatoms. The Morgan fingerprint density at radius 3 is 2.07 bits per heavy atom. The van der Waals surface area contributed by atoms with Gasteiger partial charge in [0, 0.05) is 44.4 Å². The summed E-state index contributed by atoms with van der Waals surface area (Å²) < 4.78 is 121. The van der Waals surface area contributed by atoms with E-state index in [4.69, 9.17) is 0 Å². The monoisotopic (exact) mass is 620 g/mol. The lowest BCUT2D eigenvalue weighted by atomic mass is 10.1. The molecule has 0 aliphatic carbocycles. The Hall–Kier alpha value is -4.31. The summed E-state index contributed by atoms with van der Waals surface area (Å²) in [6, 6.07) is 4.84. The van der Waals surface area contributed by atoms with Gasteiger partial charge in [0.25, 0.3) is 0 Å². The first kappa shape index (κ1) is 30.2. The van der Waals surface area contributed by atoms with Crippen molar-refractivity contribution in [2.24, 2.45) is 0 Å². The number of aromatic nitrogens is 3. The third-order valence-electron chi connectivity index (χ3n) is 6.87. The van der Waals surface area contributed by atoms with Gasteiger partial charge < -0.3 is 14.6 Å². The SMILES string of the molecule is O=C(ON(c1ccc(C(F)(F)F)cc1)c1nc(N2CCC2)nc2c1CCN(c1ncccc1C(F)(F)F)CC2)C(F)(F)F. The van der Waals surface area contributed by atoms with E-state index in [0.29, 0.717) is 30.3 Å². The van der Waals surface area contributed by atoms with Gasteiger partial charge in [-0.25, -0.2) is 14.8 Å². The van der Waals surface area contributed by atoms with Crippen LogP contribution in [-0.2, 0) is 34.8 Å². The molecule has 0 bridgehead atoms. The first-order valence-electron chi connectivity index (χ1n) is 12.8. The quantitative estimate of drug-likeness (QED) is 0.259. The molecule has 0 spiro atoms. The molecule has 2 aromatic heterocycles. The summed E-state index contributed by atoms with van der Waals surface area (Å²) in [6.45, 7) is 0.873. The lowest BCUT2D eigenvalue weighted by molar-refractivity contribution is -0.199. The van der Waals surface area contributed by atoms with Gasteiger partial charge in [-0.1, -0.05) is 0 Å². The first-order valence-corrected chi connectivity index (χ1v) is 12.8. The Balaban J connectivity index is 1.60. The van der Waals surface area contributed by atoms with Crippen molar-refractivity contribution in [3.63, 3.8) is 0 Å². The van der Waals surface area contributed by atoms with E-state index in [-0.39, 0.29) is 60.5 Å². The maximum atomic E-state index is 13.7. The molecular weight excluding hydrogens is 599 g/mol. The Bertz CT molecular complexity index is 1490. The number of alkyl halides is 9. The van der Waals surface area contributed by atoms with Crippen LogP contribution in [0, 0.1) is 0 Å². The maximum Gasteiger partial charge on any atom is 0.493 e. The Kier molecular flexibility index (Phi) is 7.77. The van der Waals surface area contributed by atoms with E-state index in [1.165, 1.54) is 11.1 Å². The molecule has 1 aromatic carbocycles. The van der Waals surface area contributed by atoms with Gasteiger partial charge in [0.15, 0.2) is 5.82 Å². The van der Waals surface area contributed by atoms with E-state index in [2.05, 4.69) is 19.8 Å². The summed E-state index contributed by atoms with van der Waals surface area (Å²) in [5.41, 5.74) is -2.07. The van der Waals surface area contributed by atoms with Crippen molar-refractivity contribution in [2.75, 3.05) is 41.0 Å². The van der Waals surface area contributed by atoms with Crippen molar-refractivity contribution in [1.29, 1.82) is 0 Å². The molecular formula is C26H21F9N6O2. The number of carbonyl (C=O) groups is 1. The van der Waals surface area contributed by atoms with Gasteiger partial charge >= 0.3 is 24.5 Å². The molecule has 4 heterocycles. The molecule has 1 saturated heterocycles. The topological polar surface area (TPSA) is 74.7 Å². The van der Waals surface area contributed by atoms with Crippen LogP contribution in [0.4, 0.5) is 62.8 Å². The molecule has 43 heavy (non-hydrogen) atoms. The number of anilines is 4. The molecule has 8 nitrogen and oxygen atoms in total. The van der Waals surface area contributed by atoms with Gasteiger partial charge in [0.2, 0.25) is 5.95 Å². The summed E-state index contributed by atoms with van der Waals surface area (Å²) >= 11 is 0. The highest BCUT2D eigenvalue weighted by Crippen LogP contribution is 2.39. The summed E-state index contributed by atoms with van der Waals surface area (Å²) in [6.07, 6.45) is -13.1. The number of nitrogens with zero attached hydrogens (tertiary/aromatic N) is 6. The van der Waals surface area contributed by atoms with E-state index in [1.54, 1.807) is 4.90 Å². The third-order valence-corrected chi connectivity index (χ3v) is 6.87. The lowest BCUT2D eigenvalue weighted by Gasteiger charge is -2.33. The number of rotatable bonds is 5. The van der Waals surface area contributed by atoms with Gasteiger partial charge in [-0.3, -0.25) is 0 Å². The molecule has 2 aliphatic rings. The molecule has 1 fully saturated rings. The van der Waals surface area contributed by atoms with Crippen LogP contribution in [0.25, 0.3) is 0 Å². The summed E-state index contributed by atoms with van der Waals surface area (Å²) in [7, 11) is 0. The second-order valence-electron chi connectivity index (χ2n) is 9.69. The number of hydrogen-bond acceptors (Lipinski definition) is 8. The minimum atomic E-state index is -5.47. The molecule has 2 aliphatic heterocycles. The van der Waals surface area contributed by atoms with Crippen molar-refractivity contribution in [1.82, 2.24) is 15.0 Å². The minimum Gasteiger partial charge on any atom is -0.355 e. The highest BCUT2D eigenvalue weighted by Gasteiger charge is 2.44. The van der Waals surface area contributed by atoms with E-state index in [0.717, 1.165) is 30.7 Å². The number of hydrogen-bond donors (Lipinski definition) is 0. The lowest BCUT2D eigenvalue weighted by Crippen LogP contribution is -2.39. The fourth-order valence-electron chi connectivity index (χ4n) is 4.61. The normalized spacial score (nSPS) is 15.8. The molecule has 5 rings (SSSR count). The molecule has 0 amide bonds. The molecule has 0 unspecified atom stereocenters. The van der Waals surface area contributed by atoms with Crippen molar-refractivity contribution in [2.45, 2.75) is 37.8 Å². The van der Waals surface area contributed by atoms with Gasteiger partial charge in [-0.2, -0.15) is 49.6 Å². The number of benzene rings is 1. The predicted molar refractivity (Wildman–Crippen MR) is 133 cm³/mol. The van der Waals surface area contributed by atoms with Gasteiger partial charge in [0.05, 0.1) is 22.5 Å². The van der Waals surface area contributed by atoms with E-state index in [1.807, 2.05) is 0 Å². The maximum absolute atomic E-state index is 13.7. The largest absolute Gasteiger partial charge is 0.493 e. The van der Waals surface area contributed by atoms with Crippen LogP contribution in [-0.4, -0.2) is 53.3 Å². The Morgan fingerprint density at radius 1 is 0.814 bits per heavy atom. The predicted octanol–water partition coefficient (Wildman–Crippen LogP) is 5.88. The number of carbonyl (C=O) groups excluding carboxylic acids is 1. The van der Waals surface area contributed by atoms with E-state index < -0.39 is 35.6 Å². The van der Waals surface area contributed by atoms with Crippen molar-refractivity contribution < 1.29 is 49.1 Å². The fraction of sp³-hybridized carbons (Fsp3) is 0.385. The molecule has 0 saturated carbocycles. The average molecular weight is 620 g/mol. The van der Waals surface area contributed by atoms with Crippen molar-refractivity contribution in [3.8, 4) is 0 Å². The zero-order valence-corrected chi connectivity index (χ0v) is 21.9. The Labute approximate surface area is 237 Å². The highest BCUT2D eigenvalue weighted by atomic mass is 19.4. The molecule has 3 aromatic rings. The summed E-state index contributed by atoms with van der Waals surface area (Å²) in [5.74, 6) is -3.32. The number of fused-ring (bicyclic) bond motifs is 1. The second-order valence-corrected chi connectivity index (χ2v) is 9.69. The first-order chi connectivity index (χ1) is 20.1. The highest BCUT2D eigenvalue weighted by molar-refractivity contribution is 5.79. The average Bonchev–Trinajstić information content (AvgIpc) is 3.12. The number of pyridine rings is 1. The zero-order chi connectivity index (χ0) is 31.2. The Morgan fingerprint density at radius 2 is 1.49 bits per heavy atom. The van der Waals surface area contributed by atoms with E-state index >= 15 is 0 Å². The van der Waals surface area contributed by atoms with Crippen LogP contribution in [0.15, 0.2) is 42.6 Å². The van der Waals surface area contributed by atoms with Crippen molar-refractivity contribution >= 4 is 29.2 Å². The molecule has 0 atom stereocenters. The second kappa shape index (κ2) is 11.1. The smallest absolute Gasteiger partial charge is 0.355 e. The van der Waals surface area contributed by atoms with Crippen molar-refractivity contribution in [3.05, 3.63) is 65.0 Å². The van der Waals surface area contributed by atoms with Crippen LogP contribution >= 0.6 is 0 Å². The summed E-state index contributed by atoms with van der Waals surface area (Å²) in [5, 5.41) is 0.386. The third kappa shape index (κ3) is 6.39. The fourth-order valence-corrected chi connectivity index (χ4v) is 4.61. The summed E-state index contributed by atoms with van der Waals surface area (Å²) in [4.78, 5) is 32.5. The van der Waals surface area contributed by atoms with Gasteiger partial charge in [0.1, 0.15) is 5.82 Å². The van der Waals surface area contributed by atoms with Crippen LogP contribution in [0.1, 0.15) is 28.8 Å². The minimum absolute atomic E-state index is 0.00757. The van der Waals surface area contributed by atoms with Gasteiger partial charge in [-0.05, 0) is 49.2 Å².